The van der Waals surface area contributed by atoms with Gasteiger partial charge >= 0.3 is 0 Å². The maximum atomic E-state index is 12.1. The summed E-state index contributed by atoms with van der Waals surface area (Å²) in [6.45, 7) is 0. The summed E-state index contributed by atoms with van der Waals surface area (Å²) in [5.74, 6) is -0.404. The maximum Gasteiger partial charge on any atom is 0.213 e. The first kappa shape index (κ1) is 6.77. The molecule has 0 aromatic carbocycles. The Morgan fingerprint density at radius 2 is 2.44 bits per heavy atom. The number of hydrogen-bond donors (Lipinski definition) is 2. The summed E-state index contributed by atoms with van der Waals surface area (Å²) in [4.78, 5) is 0. The molecule has 9 heavy (non-hydrogen) atoms. The van der Waals surface area contributed by atoms with Crippen LogP contribution in [0.1, 0.15) is 0 Å². The molecule has 50 valence electrons. The Kier molecular flexibility index (Phi) is 1.59. The largest absolute Gasteiger partial charge is 0.359 e. The van der Waals surface area contributed by atoms with E-state index in [0.29, 0.717) is 0 Å². The fraction of sp³-hybridized carbons (Fsp3) is 0.200. The van der Waals surface area contributed by atoms with E-state index in [1.54, 1.807) is 0 Å². The Balaban J connectivity index is 2.70. The third-order valence-corrected chi connectivity index (χ3v) is 1.37. The molecule has 2 N–H and O–H groups in total. The fourth-order valence-corrected chi connectivity index (χ4v) is 0.703. The Hall–Kier alpha value is -0.350. The minimum Gasteiger partial charge on any atom is -0.359 e. The van der Waals surface area contributed by atoms with E-state index in [0.717, 1.165) is 6.20 Å². The van der Waals surface area contributed by atoms with Crippen molar-refractivity contribution in [2.24, 2.45) is 0 Å². The lowest BCUT2D eigenvalue weighted by Gasteiger charge is -2.19. The van der Waals surface area contributed by atoms with Crippen LogP contribution < -0.4 is 5.32 Å². The number of nitrogens with one attached hydrogen (secondary N) is 1. The van der Waals surface area contributed by atoms with Crippen LogP contribution >= 0.6 is 15.9 Å². The highest BCUT2D eigenvalue weighted by Crippen LogP contribution is 2.17. The lowest BCUT2D eigenvalue weighted by atomic mass is 10.3. The van der Waals surface area contributed by atoms with Gasteiger partial charge in [-0.15, -0.1) is 0 Å². The molecule has 0 amide bonds. The van der Waals surface area contributed by atoms with Gasteiger partial charge in [-0.1, -0.05) is 0 Å². The number of halogens is 2. The third-order valence-electron chi connectivity index (χ3n) is 0.876. The van der Waals surface area contributed by atoms with E-state index in [1.807, 2.05) is 0 Å². The van der Waals surface area contributed by atoms with Crippen LogP contribution in [0, 0.1) is 0 Å². The van der Waals surface area contributed by atoms with Crippen LogP contribution in [0.15, 0.2) is 24.2 Å². The highest BCUT2D eigenvalue weighted by Gasteiger charge is 2.18. The molecule has 0 aliphatic carbocycles. The van der Waals surface area contributed by atoms with Crippen LogP contribution in [-0.4, -0.2) is 9.74 Å². The van der Waals surface area contributed by atoms with Crippen LogP contribution in [0.5, 0.6) is 0 Å². The van der Waals surface area contributed by atoms with Gasteiger partial charge in [-0.3, -0.25) is 0 Å². The first-order chi connectivity index (χ1) is 4.10. The molecule has 0 bridgehead atoms. The fourth-order valence-electron chi connectivity index (χ4n) is 0.456. The Labute approximate surface area is 60.2 Å². The van der Waals surface area contributed by atoms with Gasteiger partial charge in [0.1, 0.15) is 5.83 Å². The Morgan fingerprint density at radius 1 is 1.78 bits per heavy atom. The lowest BCUT2D eigenvalue weighted by molar-refractivity contribution is 0.170. The van der Waals surface area contributed by atoms with E-state index in [-0.39, 0.29) is 0 Å². The molecule has 0 radical (unpaired) electrons. The first-order valence-corrected chi connectivity index (χ1v) is 3.13. The van der Waals surface area contributed by atoms with Crippen molar-refractivity contribution in [3.05, 3.63) is 24.2 Å². The first-order valence-electron chi connectivity index (χ1n) is 2.34. The highest BCUT2D eigenvalue weighted by molar-refractivity contribution is 9.10. The van der Waals surface area contributed by atoms with Crippen molar-refractivity contribution < 1.29 is 9.50 Å². The van der Waals surface area contributed by atoms with E-state index in [4.69, 9.17) is 5.11 Å². The zero-order chi connectivity index (χ0) is 6.91. The lowest BCUT2D eigenvalue weighted by Crippen LogP contribution is -2.34. The van der Waals surface area contributed by atoms with Gasteiger partial charge in [-0.2, -0.15) is 0 Å². The molecule has 1 atom stereocenters. The van der Waals surface area contributed by atoms with Crippen molar-refractivity contribution in [3.8, 4) is 0 Å². The topological polar surface area (TPSA) is 32.3 Å². The normalized spacial score (nSPS) is 33.4. The average molecular weight is 194 g/mol. The molecule has 1 aliphatic rings. The number of hydrogen-bond acceptors (Lipinski definition) is 2. The number of rotatable bonds is 0. The van der Waals surface area contributed by atoms with E-state index in [1.165, 1.54) is 12.2 Å². The quantitative estimate of drug-likeness (QED) is 0.445. The van der Waals surface area contributed by atoms with Gasteiger partial charge in [-0.25, -0.2) is 4.39 Å². The van der Waals surface area contributed by atoms with Crippen molar-refractivity contribution in [1.29, 1.82) is 0 Å². The van der Waals surface area contributed by atoms with Crippen molar-refractivity contribution in [3.63, 3.8) is 0 Å². The minimum atomic E-state index is -1.28. The summed E-state index contributed by atoms with van der Waals surface area (Å²) in [6, 6.07) is 0. The average Bonchev–Trinajstić information content (AvgIpc) is 1.78. The van der Waals surface area contributed by atoms with Crippen LogP contribution in [-0.2, 0) is 0 Å². The number of dihydropyridines is 1. The maximum absolute atomic E-state index is 12.1. The molecule has 4 heteroatoms. The van der Waals surface area contributed by atoms with E-state index in [9.17, 15) is 4.39 Å². The second kappa shape index (κ2) is 2.11. The zero-order valence-electron chi connectivity index (χ0n) is 4.44. The molecule has 1 rings (SSSR count). The monoisotopic (exact) mass is 193 g/mol. The summed E-state index contributed by atoms with van der Waals surface area (Å²) in [5, 5.41) is 11.4. The highest BCUT2D eigenvalue weighted by atomic mass is 79.9. The Morgan fingerprint density at radius 3 is 2.78 bits per heavy atom. The molecule has 1 aliphatic heterocycles. The SMILES string of the molecule is OC1(Br)C=CC(F)=CN1. The van der Waals surface area contributed by atoms with E-state index in [2.05, 4.69) is 21.2 Å². The predicted octanol–water partition coefficient (Wildman–Crippen LogP) is 0.998. The Bertz CT molecular complexity index is 176. The smallest absolute Gasteiger partial charge is 0.213 e. The van der Waals surface area contributed by atoms with Crippen molar-refractivity contribution in [2.75, 3.05) is 0 Å². The van der Waals surface area contributed by atoms with Gasteiger partial charge in [-0.05, 0) is 28.1 Å². The van der Waals surface area contributed by atoms with E-state index < -0.39 is 10.5 Å². The summed E-state index contributed by atoms with van der Waals surface area (Å²) in [5.41, 5.74) is 0. The van der Waals surface area contributed by atoms with Crippen molar-refractivity contribution in [1.82, 2.24) is 5.32 Å². The van der Waals surface area contributed by atoms with Gasteiger partial charge in [0.15, 0.2) is 0 Å². The summed E-state index contributed by atoms with van der Waals surface area (Å²) >= 11 is 2.87. The number of allylic oxidation sites excluding steroid dienone is 2. The van der Waals surface area contributed by atoms with Crippen molar-refractivity contribution in [2.45, 2.75) is 4.63 Å². The van der Waals surface area contributed by atoms with Gasteiger partial charge in [0.25, 0.3) is 0 Å². The molecule has 1 unspecified atom stereocenters. The van der Waals surface area contributed by atoms with Crippen LogP contribution in [0.4, 0.5) is 4.39 Å². The van der Waals surface area contributed by atoms with E-state index >= 15 is 0 Å². The minimum absolute atomic E-state index is 0.404. The predicted molar refractivity (Wildman–Crippen MR) is 35.3 cm³/mol. The summed E-state index contributed by atoms with van der Waals surface area (Å²) in [6.07, 6.45) is 3.52. The van der Waals surface area contributed by atoms with Gasteiger partial charge in [0.05, 0.1) is 0 Å². The molecular weight excluding hydrogens is 189 g/mol. The van der Waals surface area contributed by atoms with Crippen molar-refractivity contribution >= 4 is 15.9 Å². The molecule has 0 spiro atoms. The molecule has 0 saturated carbocycles. The standard InChI is InChI=1S/C5H5BrFNO/c6-5(9)2-1-4(7)3-8-5/h1-3,8-9H. The molecule has 0 fully saturated rings. The number of alkyl halides is 1. The zero-order valence-corrected chi connectivity index (χ0v) is 6.02. The number of aliphatic hydroxyl groups is 1. The van der Waals surface area contributed by atoms with Gasteiger partial charge < -0.3 is 10.4 Å². The second-order valence-corrected chi connectivity index (χ2v) is 2.89. The molecule has 0 aromatic heterocycles. The summed E-state index contributed by atoms with van der Waals surface area (Å²) in [7, 11) is 0. The van der Waals surface area contributed by atoms with Crippen LogP contribution in [0.2, 0.25) is 0 Å². The molecule has 1 heterocycles. The molecule has 0 saturated heterocycles. The van der Waals surface area contributed by atoms with Crippen LogP contribution in [0.3, 0.4) is 0 Å². The summed E-state index contributed by atoms with van der Waals surface area (Å²) < 4.78 is 10.8. The van der Waals surface area contributed by atoms with Crippen LogP contribution in [0.25, 0.3) is 0 Å². The third kappa shape index (κ3) is 1.80. The molecule has 0 aromatic rings. The molecule has 2 nitrogen and oxygen atoms in total. The second-order valence-electron chi connectivity index (χ2n) is 1.68. The van der Waals surface area contributed by atoms with Gasteiger partial charge in [0, 0.05) is 6.20 Å². The molecular formula is C5H5BrFNO. The van der Waals surface area contributed by atoms with Gasteiger partial charge in [0.2, 0.25) is 4.63 Å².